The largest absolute Gasteiger partial charge is 0.444 e. The fraction of sp³-hybridized carbons (Fsp3) is 0.968. The number of aliphatic hydroxyl groups excluding tert-OH is 1. The van der Waals surface area contributed by atoms with E-state index in [-0.39, 0.29) is 10.1 Å². The third-order valence-corrected chi connectivity index (χ3v) is 12.7. The zero-order valence-electron chi connectivity index (χ0n) is 26.7. The molecule has 0 aliphatic carbocycles. The smallest absolute Gasteiger partial charge is 0.408 e. The monoisotopic (exact) mass is 557 g/mol. The number of nitrogens with one attached hydrogen (secondary N) is 1. The average Bonchev–Trinajstić information content (AvgIpc) is 2.77. The molecule has 1 rings (SSSR count). The molecular formula is C31H63NO5Si. The summed E-state index contributed by atoms with van der Waals surface area (Å²) in [5, 5.41) is 13.9. The third-order valence-electron chi connectivity index (χ3n) is 7.57. The summed E-state index contributed by atoms with van der Waals surface area (Å²) in [4.78, 5) is 12.6. The van der Waals surface area contributed by atoms with E-state index < -0.39 is 38.5 Å². The SMILES string of the molecule is CCCCCCCCCCCCCC[C@@H](O)[C@H]1O[Si](C(C)(C)C)(C(C)(C)C)OC[C@@H]1NC(=O)OC(C)(C)C. The summed E-state index contributed by atoms with van der Waals surface area (Å²) < 4.78 is 18.9. The van der Waals surface area contributed by atoms with Crippen LogP contribution >= 0.6 is 0 Å². The van der Waals surface area contributed by atoms with Gasteiger partial charge in [0.05, 0.1) is 24.9 Å². The minimum absolute atomic E-state index is 0.198. The van der Waals surface area contributed by atoms with E-state index >= 15 is 0 Å². The molecule has 0 aromatic carbocycles. The molecule has 1 aliphatic rings. The first-order valence-corrected chi connectivity index (χ1v) is 17.3. The van der Waals surface area contributed by atoms with Gasteiger partial charge in [-0.15, -0.1) is 0 Å². The lowest BCUT2D eigenvalue weighted by Gasteiger charge is -2.55. The summed E-state index contributed by atoms with van der Waals surface area (Å²) in [6.07, 6.45) is 14.4. The lowest BCUT2D eigenvalue weighted by molar-refractivity contribution is -0.0705. The summed E-state index contributed by atoms with van der Waals surface area (Å²) in [7, 11) is -2.79. The normalized spacial score (nSPS) is 21.2. The van der Waals surface area contributed by atoms with Crippen molar-refractivity contribution in [2.75, 3.05) is 6.61 Å². The van der Waals surface area contributed by atoms with E-state index in [9.17, 15) is 9.90 Å². The molecule has 0 radical (unpaired) electrons. The second kappa shape index (κ2) is 16.0. The predicted molar refractivity (Wildman–Crippen MR) is 161 cm³/mol. The molecular weight excluding hydrogens is 494 g/mol. The summed E-state index contributed by atoms with van der Waals surface area (Å²) >= 11 is 0. The molecule has 1 aliphatic heterocycles. The van der Waals surface area contributed by atoms with Crippen molar-refractivity contribution in [2.24, 2.45) is 0 Å². The molecule has 0 aromatic rings. The molecule has 1 heterocycles. The lowest BCUT2D eigenvalue weighted by atomic mass is 9.99. The van der Waals surface area contributed by atoms with Crippen LogP contribution in [0.5, 0.6) is 0 Å². The Morgan fingerprint density at radius 2 is 1.29 bits per heavy atom. The molecule has 1 saturated heterocycles. The Balaban J connectivity index is 2.68. The summed E-state index contributed by atoms with van der Waals surface area (Å²) in [5.41, 5.74) is -0.598. The zero-order chi connectivity index (χ0) is 29.0. The molecule has 0 spiro atoms. The summed E-state index contributed by atoms with van der Waals surface area (Å²) in [6.45, 7) is 21.1. The summed E-state index contributed by atoms with van der Waals surface area (Å²) in [6, 6.07) is -0.456. The number of aliphatic hydroxyl groups is 1. The van der Waals surface area contributed by atoms with E-state index in [1.165, 1.54) is 64.2 Å². The minimum atomic E-state index is -2.79. The number of carbonyl (C=O) groups excluding carboxylic acids is 1. The van der Waals surface area contributed by atoms with Crippen LogP contribution in [-0.2, 0) is 13.6 Å². The Bertz CT molecular complexity index is 651. The number of carbonyl (C=O) groups is 1. The zero-order valence-corrected chi connectivity index (χ0v) is 27.7. The predicted octanol–water partition coefficient (Wildman–Crippen LogP) is 8.79. The van der Waals surface area contributed by atoms with E-state index in [2.05, 4.69) is 53.8 Å². The molecule has 7 heteroatoms. The molecule has 0 saturated carbocycles. The van der Waals surface area contributed by atoms with Crippen LogP contribution in [-0.4, -0.2) is 50.2 Å². The van der Waals surface area contributed by atoms with Crippen LogP contribution in [0.2, 0.25) is 10.1 Å². The lowest BCUT2D eigenvalue weighted by Crippen LogP contribution is -2.69. The van der Waals surface area contributed by atoms with Gasteiger partial charge in [0, 0.05) is 10.1 Å². The number of unbranched alkanes of at least 4 members (excludes halogenated alkanes) is 11. The van der Waals surface area contributed by atoms with Crippen molar-refractivity contribution in [3.05, 3.63) is 0 Å². The van der Waals surface area contributed by atoms with Crippen molar-refractivity contribution in [2.45, 2.75) is 187 Å². The van der Waals surface area contributed by atoms with E-state index in [0.29, 0.717) is 13.0 Å². The van der Waals surface area contributed by atoms with Crippen molar-refractivity contribution in [3.63, 3.8) is 0 Å². The Kier molecular flexibility index (Phi) is 14.9. The number of amides is 1. The molecule has 1 amide bonds. The third kappa shape index (κ3) is 11.9. The average molecular weight is 558 g/mol. The van der Waals surface area contributed by atoms with Crippen LogP contribution < -0.4 is 5.32 Å². The van der Waals surface area contributed by atoms with Gasteiger partial charge in [-0.2, -0.15) is 0 Å². The van der Waals surface area contributed by atoms with Crippen LogP contribution in [0.3, 0.4) is 0 Å². The number of hydrogen-bond donors (Lipinski definition) is 2. The van der Waals surface area contributed by atoms with E-state index in [1.54, 1.807) is 0 Å². The second-order valence-corrected chi connectivity index (χ2v) is 19.3. The van der Waals surface area contributed by atoms with Gasteiger partial charge in [0.1, 0.15) is 5.60 Å². The van der Waals surface area contributed by atoms with Gasteiger partial charge in [-0.3, -0.25) is 0 Å². The van der Waals surface area contributed by atoms with E-state index in [1.807, 2.05) is 20.8 Å². The Morgan fingerprint density at radius 3 is 1.71 bits per heavy atom. The van der Waals surface area contributed by atoms with Gasteiger partial charge in [-0.25, -0.2) is 4.79 Å². The maximum atomic E-state index is 12.6. The van der Waals surface area contributed by atoms with Crippen molar-refractivity contribution in [3.8, 4) is 0 Å². The van der Waals surface area contributed by atoms with Gasteiger partial charge in [-0.05, 0) is 27.2 Å². The Morgan fingerprint density at radius 1 is 0.842 bits per heavy atom. The van der Waals surface area contributed by atoms with Crippen LogP contribution in [0.1, 0.15) is 153 Å². The van der Waals surface area contributed by atoms with Crippen molar-refractivity contribution >= 4 is 14.7 Å². The van der Waals surface area contributed by atoms with Gasteiger partial charge in [0.15, 0.2) is 0 Å². The van der Waals surface area contributed by atoms with Crippen LogP contribution in [0.25, 0.3) is 0 Å². The van der Waals surface area contributed by atoms with Gasteiger partial charge in [-0.1, -0.05) is 126 Å². The van der Waals surface area contributed by atoms with Gasteiger partial charge in [0.2, 0.25) is 0 Å². The minimum Gasteiger partial charge on any atom is -0.444 e. The summed E-state index contributed by atoms with van der Waals surface area (Å²) in [5.74, 6) is 0. The Hall–Kier alpha value is -0.633. The highest BCUT2D eigenvalue weighted by Gasteiger charge is 2.62. The number of rotatable bonds is 15. The molecule has 38 heavy (non-hydrogen) atoms. The number of ether oxygens (including phenoxy) is 1. The maximum Gasteiger partial charge on any atom is 0.408 e. The molecule has 0 unspecified atom stereocenters. The first kappa shape index (κ1) is 35.4. The van der Waals surface area contributed by atoms with Crippen molar-refractivity contribution in [1.82, 2.24) is 5.32 Å². The topological polar surface area (TPSA) is 77.0 Å². The maximum absolute atomic E-state index is 12.6. The highest BCUT2D eigenvalue weighted by Crippen LogP contribution is 2.54. The molecule has 2 N–H and O–H groups in total. The second-order valence-electron chi connectivity index (χ2n) is 14.5. The van der Waals surface area contributed by atoms with Crippen LogP contribution in [0, 0.1) is 0 Å². The number of hydrogen-bond acceptors (Lipinski definition) is 5. The fourth-order valence-corrected chi connectivity index (χ4v) is 10.8. The molecule has 1 fully saturated rings. The Labute approximate surface area is 236 Å². The molecule has 6 nitrogen and oxygen atoms in total. The first-order chi connectivity index (χ1) is 17.5. The van der Waals surface area contributed by atoms with Crippen molar-refractivity contribution < 1.29 is 23.5 Å². The molecule has 3 atom stereocenters. The molecule has 0 aromatic heterocycles. The standard InChI is InChI=1S/C31H63NO5Si/c1-11-12-13-14-15-16-17-18-19-20-21-22-23-26(33)27-25(32-28(34)36-29(2,3)4)24-35-38(37-27,30(5,6)7)31(8,9)10/h25-27,33H,11-24H2,1-10H3,(H,32,34)/t25-,26+,27-/m0/s1. The molecule has 226 valence electrons. The fourth-order valence-electron chi connectivity index (χ4n) is 5.81. The van der Waals surface area contributed by atoms with Gasteiger partial charge >= 0.3 is 14.7 Å². The van der Waals surface area contributed by atoms with Crippen molar-refractivity contribution in [1.29, 1.82) is 0 Å². The highest BCUT2D eigenvalue weighted by atomic mass is 28.4. The van der Waals surface area contributed by atoms with Gasteiger partial charge in [0.25, 0.3) is 0 Å². The van der Waals surface area contributed by atoms with Gasteiger partial charge < -0.3 is 24.0 Å². The molecule has 0 bridgehead atoms. The quantitative estimate of drug-likeness (QED) is 0.155. The van der Waals surface area contributed by atoms with Crippen LogP contribution in [0.15, 0.2) is 0 Å². The first-order valence-electron chi connectivity index (χ1n) is 15.5. The van der Waals surface area contributed by atoms with E-state index in [0.717, 1.165) is 12.8 Å². The van der Waals surface area contributed by atoms with Crippen LogP contribution in [0.4, 0.5) is 4.79 Å². The highest BCUT2D eigenvalue weighted by molar-refractivity contribution is 6.73. The number of alkyl carbamates (subject to hydrolysis) is 1. The van der Waals surface area contributed by atoms with E-state index in [4.69, 9.17) is 13.6 Å².